The number of hydrogen-bond donors (Lipinski definition) is 2. The molecule has 3 nitrogen and oxygen atoms in total. The zero-order valence-electron chi connectivity index (χ0n) is 11.8. The zero-order chi connectivity index (χ0) is 15.0. The van der Waals surface area contributed by atoms with E-state index in [0.717, 1.165) is 18.5 Å². The molecule has 1 amide bonds. The van der Waals surface area contributed by atoms with Gasteiger partial charge in [-0.05, 0) is 49.1 Å². The molecule has 2 aromatic rings. The summed E-state index contributed by atoms with van der Waals surface area (Å²) in [7, 11) is 0. The summed E-state index contributed by atoms with van der Waals surface area (Å²) in [6.45, 7) is 2.10. The van der Waals surface area contributed by atoms with E-state index in [-0.39, 0.29) is 6.04 Å². The first-order valence-electron chi connectivity index (χ1n) is 7.00. The molecular weight excluding hydrogens is 284 g/mol. The number of hydrogen-bond acceptors (Lipinski definition) is 2. The molecule has 1 aliphatic rings. The third-order valence-corrected chi connectivity index (χ3v) is 4.28. The molecule has 0 fully saturated rings. The highest BCUT2D eigenvalue weighted by molar-refractivity contribution is 6.33. The molecule has 2 aromatic carbocycles. The molecule has 0 spiro atoms. The predicted molar refractivity (Wildman–Crippen MR) is 85.8 cm³/mol. The van der Waals surface area contributed by atoms with Gasteiger partial charge in [0.1, 0.15) is 0 Å². The summed E-state index contributed by atoms with van der Waals surface area (Å²) in [5.41, 5.74) is 10.5. The van der Waals surface area contributed by atoms with Gasteiger partial charge in [0.25, 0.3) is 0 Å². The fraction of sp³-hybridized carbons (Fsp3) is 0.235. The number of carbonyl (C=O) groups excluding carboxylic acids is 1. The van der Waals surface area contributed by atoms with Gasteiger partial charge in [0.15, 0.2) is 0 Å². The van der Waals surface area contributed by atoms with Crippen molar-refractivity contribution in [1.82, 2.24) is 0 Å². The number of nitrogens with two attached hydrogens (primary N) is 1. The van der Waals surface area contributed by atoms with Gasteiger partial charge in [-0.3, -0.25) is 4.79 Å². The standard InChI is InChI=1S/C17H17ClN2O/c1-10-2-3-11-4-7-16(13(11)8-10)20-12-5-6-15(18)14(9-12)17(19)21/h2-3,5-6,8-9,16,20H,4,7H2,1H3,(H2,19,21). The van der Waals surface area contributed by atoms with Crippen molar-refractivity contribution in [3.63, 3.8) is 0 Å². The Morgan fingerprint density at radius 2 is 2.10 bits per heavy atom. The van der Waals surface area contributed by atoms with Crippen molar-refractivity contribution >= 4 is 23.2 Å². The number of anilines is 1. The second-order valence-corrected chi connectivity index (χ2v) is 5.90. The number of aryl methyl sites for hydroxylation is 2. The molecule has 3 N–H and O–H groups in total. The van der Waals surface area contributed by atoms with Crippen molar-refractivity contribution in [3.8, 4) is 0 Å². The lowest BCUT2D eigenvalue weighted by atomic mass is 10.0. The molecule has 21 heavy (non-hydrogen) atoms. The van der Waals surface area contributed by atoms with Gasteiger partial charge >= 0.3 is 0 Å². The number of carbonyl (C=O) groups is 1. The zero-order valence-corrected chi connectivity index (χ0v) is 12.6. The van der Waals surface area contributed by atoms with Gasteiger partial charge in [-0.1, -0.05) is 35.4 Å². The predicted octanol–water partition coefficient (Wildman–Crippen LogP) is 3.85. The van der Waals surface area contributed by atoms with Crippen LogP contribution >= 0.6 is 11.6 Å². The number of fused-ring (bicyclic) bond motifs is 1. The van der Waals surface area contributed by atoms with E-state index in [1.165, 1.54) is 16.7 Å². The third-order valence-electron chi connectivity index (χ3n) is 3.95. The van der Waals surface area contributed by atoms with Crippen molar-refractivity contribution in [2.45, 2.75) is 25.8 Å². The molecule has 0 aromatic heterocycles. The topological polar surface area (TPSA) is 55.1 Å². The molecule has 108 valence electrons. The SMILES string of the molecule is Cc1ccc2c(c1)C(Nc1ccc(Cl)c(C(N)=O)c1)CC2. The van der Waals surface area contributed by atoms with Crippen LogP contribution in [0.15, 0.2) is 36.4 Å². The second kappa shape index (κ2) is 5.41. The Bertz CT molecular complexity index is 712. The summed E-state index contributed by atoms with van der Waals surface area (Å²) in [4.78, 5) is 11.4. The highest BCUT2D eigenvalue weighted by Gasteiger charge is 2.22. The van der Waals surface area contributed by atoms with Crippen LogP contribution in [0.1, 0.15) is 39.5 Å². The lowest BCUT2D eigenvalue weighted by molar-refractivity contribution is 0.100. The van der Waals surface area contributed by atoms with Crippen LogP contribution in [-0.2, 0) is 6.42 Å². The van der Waals surface area contributed by atoms with Crippen molar-refractivity contribution in [2.75, 3.05) is 5.32 Å². The molecule has 1 atom stereocenters. The Morgan fingerprint density at radius 1 is 1.29 bits per heavy atom. The lowest BCUT2D eigenvalue weighted by Crippen LogP contribution is -2.13. The van der Waals surface area contributed by atoms with Crippen LogP contribution in [0.4, 0.5) is 5.69 Å². The van der Waals surface area contributed by atoms with Gasteiger partial charge in [0.2, 0.25) is 5.91 Å². The first-order chi connectivity index (χ1) is 10.0. The molecule has 1 unspecified atom stereocenters. The minimum absolute atomic E-state index is 0.266. The van der Waals surface area contributed by atoms with Crippen LogP contribution in [0, 0.1) is 6.92 Å². The average molecular weight is 301 g/mol. The number of amides is 1. The van der Waals surface area contributed by atoms with E-state index < -0.39 is 5.91 Å². The van der Waals surface area contributed by atoms with E-state index in [1.54, 1.807) is 12.1 Å². The third kappa shape index (κ3) is 2.74. The van der Waals surface area contributed by atoms with Gasteiger partial charge in [0, 0.05) is 5.69 Å². The summed E-state index contributed by atoms with van der Waals surface area (Å²) in [5, 5.41) is 3.87. The Labute approximate surface area is 129 Å². The van der Waals surface area contributed by atoms with Gasteiger partial charge in [-0.25, -0.2) is 0 Å². The van der Waals surface area contributed by atoms with E-state index in [4.69, 9.17) is 17.3 Å². The van der Waals surface area contributed by atoms with Crippen LogP contribution in [-0.4, -0.2) is 5.91 Å². The number of primary amides is 1. The number of halogens is 1. The van der Waals surface area contributed by atoms with Crippen LogP contribution < -0.4 is 11.1 Å². The first-order valence-corrected chi connectivity index (χ1v) is 7.37. The van der Waals surface area contributed by atoms with Crippen molar-refractivity contribution in [3.05, 3.63) is 63.7 Å². The van der Waals surface area contributed by atoms with Gasteiger partial charge < -0.3 is 11.1 Å². The van der Waals surface area contributed by atoms with E-state index in [9.17, 15) is 4.79 Å². The molecule has 0 saturated carbocycles. The van der Waals surface area contributed by atoms with Gasteiger partial charge in [-0.15, -0.1) is 0 Å². The smallest absolute Gasteiger partial charge is 0.250 e. The normalized spacial score (nSPS) is 16.6. The highest BCUT2D eigenvalue weighted by atomic mass is 35.5. The van der Waals surface area contributed by atoms with Crippen molar-refractivity contribution < 1.29 is 4.79 Å². The summed E-state index contributed by atoms with van der Waals surface area (Å²) in [5.74, 6) is -0.508. The number of rotatable bonds is 3. The Morgan fingerprint density at radius 3 is 2.86 bits per heavy atom. The van der Waals surface area contributed by atoms with Crippen LogP contribution in [0.25, 0.3) is 0 Å². The molecule has 0 bridgehead atoms. The van der Waals surface area contributed by atoms with Crippen molar-refractivity contribution in [1.29, 1.82) is 0 Å². The summed E-state index contributed by atoms with van der Waals surface area (Å²) in [6, 6.07) is 12.1. The molecule has 0 radical (unpaired) electrons. The fourth-order valence-electron chi connectivity index (χ4n) is 2.88. The Balaban J connectivity index is 1.88. The van der Waals surface area contributed by atoms with E-state index in [0.29, 0.717) is 10.6 Å². The van der Waals surface area contributed by atoms with Crippen LogP contribution in [0.3, 0.4) is 0 Å². The molecular formula is C17H17ClN2O. The number of benzene rings is 2. The molecule has 0 aliphatic heterocycles. The highest BCUT2D eigenvalue weighted by Crippen LogP contribution is 2.35. The van der Waals surface area contributed by atoms with Crippen LogP contribution in [0.5, 0.6) is 0 Å². The first kappa shape index (κ1) is 14.0. The maximum Gasteiger partial charge on any atom is 0.250 e. The molecule has 1 aliphatic carbocycles. The number of nitrogens with one attached hydrogen (secondary N) is 1. The quantitative estimate of drug-likeness (QED) is 0.904. The lowest BCUT2D eigenvalue weighted by Gasteiger charge is -2.17. The molecule has 4 heteroatoms. The molecule has 0 heterocycles. The molecule has 3 rings (SSSR count). The largest absolute Gasteiger partial charge is 0.378 e. The second-order valence-electron chi connectivity index (χ2n) is 5.50. The maximum atomic E-state index is 11.4. The average Bonchev–Trinajstić information content (AvgIpc) is 2.83. The fourth-order valence-corrected chi connectivity index (χ4v) is 3.09. The molecule has 0 saturated heterocycles. The minimum atomic E-state index is -0.508. The Kier molecular flexibility index (Phi) is 3.60. The van der Waals surface area contributed by atoms with Gasteiger partial charge in [0.05, 0.1) is 16.6 Å². The van der Waals surface area contributed by atoms with E-state index in [2.05, 4.69) is 30.4 Å². The monoisotopic (exact) mass is 300 g/mol. The minimum Gasteiger partial charge on any atom is -0.378 e. The Hall–Kier alpha value is -2.00. The van der Waals surface area contributed by atoms with E-state index >= 15 is 0 Å². The summed E-state index contributed by atoms with van der Waals surface area (Å²) < 4.78 is 0. The van der Waals surface area contributed by atoms with Gasteiger partial charge in [-0.2, -0.15) is 0 Å². The van der Waals surface area contributed by atoms with Crippen molar-refractivity contribution in [2.24, 2.45) is 5.73 Å². The maximum absolute atomic E-state index is 11.4. The van der Waals surface area contributed by atoms with E-state index in [1.807, 2.05) is 6.07 Å². The summed E-state index contributed by atoms with van der Waals surface area (Å²) >= 11 is 5.98. The summed E-state index contributed by atoms with van der Waals surface area (Å²) in [6.07, 6.45) is 2.12. The van der Waals surface area contributed by atoms with Crippen LogP contribution in [0.2, 0.25) is 5.02 Å².